The number of ether oxygens (including phenoxy) is 1. The van der Waals surface area contributed by atoms with E-state index in [4.69, 9.17) is 4.74 Å². The minimum absolute atomic E-state index is 0.299. The first-order valence-corrected chi connectivity index (χ1v) is 6.93. The predicted molar refractivity (Wildman–Crippen MR) is 73.8 cm³/mol. The van der Waals surface area contributed by atoms with Crippen molar-refractivity contribution in [1.82, 2.24) is 0 Å². The lowest BCUT2D eigenvalue weighted by Crippen LogP contribution is -2.01. The minimum Gasteiger partial charge on any atom is -0.491 e. The van der Waals surface area contributed by atoms with Crippen LogP contribution in [0.3, 0.4) is 0 Å². The zero-order chi connectivity index (χ0) is 13.0. The number of carboxylic acids is 1. The average molecular weight is 264 g/mol. The molecule has 0 aliphatic carbocycles. The third kappa shape index (κ3) is 2.64. The topological polar surface area (TPSA) is 46.5 Å². The number of carboxylic acid groups (broad SMARTS) is 1. The second-order valence-corrected chi connectivity index (χ2v) is 5.17. The third-order valence-electron chi connectivity index (χ3n) is 2.74. The Morgan fingerprint density at radius 3 is 2.83 bits per heavy atom. The van der Waals surface area contributed by atoms with Crippen molar-refractivity contribution in [2.45, 2.75) is 26.2 Å². The van der Waals surface area contributed by atoms with Gasteiger partial charge in [-0.25, -0.2) is 4.79 Å². The van der Waals surface area contributed by atoms with Crippen molar-refractivity contribution >= 4 is 27.4 Å². The molecule has 2 rings (SSSR count). The van der Waals surface area contributed by atoms with Gasteiger partial charge in [-0.3, -0.25) is 0 Å². The fourth-order valence-electron chi connectivity index (χ4n) is 1.83. The van der Waals surface area contributed by atoms with Gasteiger partial charge in [0.05, 0.1) is 6.61 Å². The van der Waals surface area contributed by atoms with Crippen LogP contribution in [-0.4, -0.2) is 17.7 Å². The van der Waals surface area contributed by atoms with Gasteiger partial charge in [0.25, 0.3) is 0 Å². The molecule has 1 aromatic carbocycles. The highest BCUT2D eigenvalue weighted by atomic mass is 32.1. The lowest BCUT2D eigenvalue weighted by atomic mass is 10.2. The minimum atomic E-state index is -0.915. The molecule has 0 saturated carbocycles. The summed E-state index contributed by atoms with van der Waals surface area (Å²) in [6.45, 7) is 2.71. The van der Waals surface area contributed by atoms with Gasteiger partial charge in [0, 0.05) is 10.1 Å². The molecule has 0 aliphatic rings. The molecule has 0 radical (unpaired) electrons. The van der Waals surface area contributed by atoms with E-state index in [0.717, 1.165) is 29.3 Å². The molecule has 96 valence electrons. The smallest absolute Gasteiger partial charge is 0.349 e. The highest BCUT2D eigenvalue weighted by Crippen LogP contribution is 2.37. The van der Waals surface area contributed by atoms with Gasteiger partial charge in [0.1, 0.15) is 0 Å². The van der Waals surface area contributed by atoms with Crippen LogP contribution in [0.5, 0.6) is 5.75 Å². The van der Waals surface area contributed by atoms with Crippen LogP contribution in [0.25, 0.3) is 10.1 Å². The molecule has 0 atom stereocenters. The molecule has 0 aliphatic heterocycles. The Balaban J connectivity index is 2.27. The lowest BCUT2D eigenvalue weighted by Gasteiger charge is -2.05. The predicted octanol–water partition coefficient (Wildman–Crippen LogP) is 4.17. The van der Waals surface area contributed by atoms with Gasteiger partial charge in [0.15, 0.2) is 10.6 Å². The lowest BCUT2D eigenvalue weighted by molar-refractivity contribution is 0.0698. The largest absolute Gasteiger partial charge is 0.491 e. The van der Waals surface area contributed by atoms with Crippen molar-refractivity contribution in [3.63, 3.8) is 0 Å². The van der Waals surface area contributed by atoms with Gasteiger partial charge < -0.3 is 9.84 Å². The summed E-state index contributed by atoms with van der Waals surface area (Å²) in [5, 5.41) is 10.1. The summed E-state index contributed by atoms with van der Waals surface area (Å²) in [4.78, 5) is 11.5. The Bertz CT molecular complexity index is 545. The Hall–Kier alpha value is -1.55. The van der Waals surface area contributed by atoms with E-state index >= 15 is 0 Å². The highest BCUT2D eigenvalue weighted by Gasteiger charge is 2.18. The fraction of sp³-hybridized carbons (Fsp3) is 0.357. The van der Waals surface area contributed by atoms with E-state index in [1.165, 1.54) is 11.3 Å². The Labute approximate surface area is 110 Å². The fourth-order valence-corrected chi connectivity index (χ4v) is 2.82. The quantitative estimate of drug-likeness (QED) is 0.796. The van der Waals surface area contributed by atoms with Crippen molar-refractivity contribution in [2.75, 3.05) is 6.61 Å². The molecular formula is C14H16O3S. The molecule has 2 aromatic rings. The monoisotopic (exact) mass is 264 g/mol. The number of hydrogen-bond acceptors (Lipinski definition) is 3. The first kappa shape index (κ1) is 12.9. The van der Waals surface area contributed by atoms with Gasteiger partial charge in [-0.1, -0.05) is 31.9 Å². The first-order chi connectivity index (χ1) is 8.74. The van der Waals surface area contributed by atoms with Crippen LogP contribution in [0.15, 0.2) is 24.3 Å². The van der Waals surface area contributed by atoms with E-state index in [1.807, 2.05) is 24.3 Å². The van der Waals surface area contributed by atoms with Crippen LogP contribution < -0.4 is 4.74 Å². The number of rotatable bonds is 6. The van der Waals surface area contributed by atoms with Crippen molar-refractivity contribution in [1.29, 1.82) is 0 Å². The van der Waals surface area contributed by atoms with Gasteiger partial charge in [0.2, 0.25) is 0 Å². The molecule has 4 heteroatoms. The number of benzene rings is 1. The first-order valence-electron chi connectivity index (χ1n) is 6.11. The molecule has 1 heterocycles. The molecular weight excluding hydrogens is 248 g/mol. The van der Waals surface area contributed by atoms with Crippen LogP contribution in [0.1, 0.15) is 35.9 Å². The highest BCUT2D eigenvalue weighted by molar-refractivity contribution is 7.21. The zero-order valence-electron chi connectivity index (χ0n) is 10.3. The molecule has 0 amide bonds. The van der Waals surface area contributed by atoms with E-state index < -0.39 is 5.97 Å². The summed E-state index contributed by atoms with van der Waals surface area (Å²) >= 11 is 1.27. The van der Waals surface area contributed by atoms with E-state index in [-0.39, 0.29) is 0 Å². The summed E-state index contributed by atoms with van der Waals surface area (Å²) in [6.07, 6.45) is 3.18. The maximum Gasteiger partial charge on any atom is 0.349 e. The van der Waals surface area contributed by atoms with E-state index in [9.17, 15) is 9.90 Å². The van der Waals surface area contributed by atoms with Gasteiger partial charge >= 0.3 is 5.97 Å². The number of hydrogen-bond donors (Lipinski definition) is 1. The van der Waals surface area contributed by atoms with Gasteiger partial charge in [-0.2, -0.15) is 0 Å². The van der Waals surface area contributed by atoms with Gasteiger partial charge in [-0.15, -0.1) is 11.3 Å². The van der Waals surface area contributed by atoms with Crippen LogP contribution in [0, 0.1) is 0 Å². The molecule has 0 spiro atoms. The standard InChI is InChI=1S/C14H16O3S/c1-2-3-6-9-17-12-10-7-4-5-8-11(10)18-13(12)14(15)16/h4-5,7-8H,2-3,6,9H2,1H3,(H,15,16). The molecule has 3 nitrogen and oxygen atoms in total. The van der Waals surface area contributed by atoms with Crippen LogP contribution in [-0.2, 0) is 0 Å². The number of aromatic carboxylic acids is 1. The number of thiophene rings is 1. The SMILES string of the molecule is CCCCCOc1c(C(=O)O)sc2ccccc12. The maximum absolute atomic E-state index is 11.2. The van der Waals surface area contributed by atoms with Crippen LogP contribution in [0.2, 0.25) is 0 Å². The summed E-state index contributed by atoms with van der Waals surface area (Å²) in [5.41, 5.74) is 0. The summed E-state index contributed by atoms with van der Waals surface area (Å²) in [6, 6.07) is 7.64. The van der Waals surface area contributed by atoms with Crippen molar-refractivity contribution in [3.8, 4) is 5.75 Å². The molecule has 0 saturated heterocycles. The van der Waals surface area contributed by atoms with Gasteiger partial charge in [-0.05, 0) is 18.6 Å². The van der Waals surface area contributed by atoms with Crippen molar-refractivity contribution in [2.24, 2.45) is 0 Å². The molecule has 0 bridgehead atoms. The summed E-state index contributed by atoms with van der Waals surface area (Å²) in [5.74, 6) is -0.388. The molecule has 18 heavy (non-hydrogen) atoms. The number of carbonyl (C=O) groups is 1. The zero-order valence-corrected chi connectivity index (χ0v) is 11.1. The molecule has 0 unspecified atom stereocenters. The second-order valence-electron chi connectivity index (χ2n) is 4.12. The van der Waals surface area contributed by atoms with Crippen molar-refractivity contribution in [3.05, 3.63) is 29.1 Å². The third-order valence-corrected chi connectivity index (χ3v) is 3.88. The Morgan fingerprint density at radius 1 is 1.33 bits per heavy atom. The maximum atomic E-state index is 11.2. The normalized spacial score (nSPS) is 10.7. The van der Waals surface area contributed by atoms with Crippen LogP contribution >= 0.6 is 11.3 Å². The van der Waals surface area contributed by atoms with E-state index in [2.05, 4.69) is 6.92 Å². The number of unbranched alkanes of at least 4 members (excludes halogenated alkanes) is 2. The molecule has 0 fully saturated rings. The Morgan fingerprint density at radius 2 is 2.11 bits per heavy atom. The summed E-state index contributed by atoms with van der Waals surface area (Å²) < 4.78 is 6.64. The number of fused-ring (bicyclic) bond motifs is 1. The van der Waals surface area contributed by atoms with E-state index in [1.54, 1.807) is 0 Å². The van der Waals surface area contributed by atoms with E-state index in [0.29, 0.717) is 17.2 Å². The average Bonchev–Trinajstić information content (AvgIpc) is 2.74. The van der Waals surface area contributed by atoms with Crippen LogP contribution in [0.4, 0.5) is 0 Å². The summed E-state index contributed by atoms with van der Waals surface area (Å²) in [7, 11) is 0. The van der Waals surface area contributed by atoms with Crippen molar-refractivity contribution < 1.29 is 14.6 Å². The second kappa shape index (κ2) is 5.87. The Kier molecular flexibility index (Phi) is 4.20. The molecule has 1 aromatic heterocycles. The molecule has 1 N–H and O–H groups in total.